The van der Waals surface area contributed by atoms with Crippen molar-refractivity contribution in [2.24, 2.45) is 11.6 Å². The standard InChI is InChI=1S/C17H16N4O3/c18-16(24)15-13-5-4-12(11-3-1-2-10(6-11)8-22)7-14(13)20-17(15)21(19)9-23/h1-7,9,20,22H,8,19H2,(H2,18,24). The fourth-order valence-corrected chi connectivity index (χ4v) is 2.71. The first-order valence-electron chi connectivity index (χ1n) is 7.20. The third-order valence-corrected chi connectivity index (χ3v) is 3.84. The molecular weight excluding hydrogens is 308 g/mol. The van der Waals surface area contributed by atoms with Gasteiger partial charge in [-0.1, -0.05) is 30.3 Å². The number of primary amides is 1. The first-order valence-corrected chi connectivity index (χ1v) is 7.20. The van der Waals surface area contributed by atoms with Gasteiger partial charge in [0.15, 0.2) is 0 Å². The summed E-state index contributed by atoms with van der Waals surface area (Å²) in [5.74, 6) is 5.05. The SMILES string of the molecule is NC(=O)c1c(N(N)C=O)[nH]c2cc(-c3cccc(CO)c3)ccc12. The Kier molecular flexibility index (Phi) is 4.03. The summed E-state index contributed by atoms with van der Waals surface area (Å²) >= 11 is 0. The quantitative estimate of drug-likeness (QED) is 0.244. The van der Waals surface area contributed by atoms with Crippen LogP contribution in [0.1, 0.15) is 15.9 Å². The number of amides is 2. The maximum atomic E-state index is 11.7. The van der Waals surface area contributed by atoms with Gasteiger partial charge in [0.1, 0.15) is 5.82 Å². The largest absolute Gasteiger partial charge is 0.392 e. The number of aromatic amines is 1. The second-order valence-electron chi connectivity index (χ2n) is 5.34. The zero-order valence-corrected chi connectivity index (χ0v) is 12.7. The minimum absolute atomic E-state index is 0.0456. The molecule has 0 bridgehead atoms. The van der Waals surface area contributed by atoms with Crippen LogP contribution in [0.15, 0.2) is 42.5 Å². The highest BCUT2D eigenvalue weighted by molar-refractivity contribution is 6.12. The molecule has 1 heterocycles. The molecule has 0 saturated heterocycles. The van der Waals surface area contributed by atoms with Crippen molar-refractivity contribution < 1.29 is 14.7 Å². The number of aliphatic hydroxyl groups excluding tert-OH is 1. The third kappa shape index (κ3) is 2.62. The molecule has 24 heavy (non-hydrogen) atoms. The third-order valence-electron chi connectivity index (χ3n) is 3.84. The molecule has 0 saturated carbocycles. The molecule has 3 rings (SSSR count). The van der Waals surface area contributed by atoms with Gasteiger partial charge in [-0.2, -0.15) is 0 Å². The number of fused-ring (bicyclic) bond motifs is 1. The Balaban J connectivity index is 2.18. The molecular formula is C17H16N4O3. The van der Waals surface area contributed by atoms with Crippen LogP contribution in [0.3, 0.4) is 0 Å². The fraction of sp³-hybridized carbons (Fsp3) is 0.0588. The summed E-state index contributed by atoms with van der Waals surface area (Å²) < 4.78 is 0. The van der Waals surface area contributed by atoms with E-state index in [4.69, 9.17) is 11.6 Å². The van der Waals surface area contributed by atoms with Crippen molar-refractivity contribution in [2.45, 2.75) is 6.61 Å². The summed E-state index contributed by atoms with van der Waals surface area (Å²) in [4.78, 5) is 25.6. The lowest BCUT2D eigenvalue weighted by Crippen LogP contribution is -2.31. The first-order chi connectivity index (χ1) is 11.5. The number of carbonyl (C=O) groups is 2. The number of hydrazine groups is 1. The number of rotatable bonds is 5. The van der Waals surface area contributed by atoms with E-state index in [1.165, 1.54) is 0 Å². The summed E-state index contributed by atoms with van der Waals surface area (Å²) in [5.41, 5.74) is 8.81. The van der Waals surface area contributed by atoms with Crippen molar-refractivity contribution in [2.75, 3.05) is 5.01 Å². The Morgan fingerprint density at radius 1 is 1.21 bits per heavy atom. The normalized spacial score (nSPS) is 10.8. The second-order valence-corrected chi connectivity index (χ2v) is 5.34. The van der Waals surface area contributed by atoms with Gasteiger partial charge in [-0.15, -0.1) is 0 Å². The van der Waals surface area contributed by atoms with E-state index < -0.39 is 5.91 Å². The zero-order valence-electron chi connectivity index (χ0n) is 12.7. The van der Waals surface area contributed by atoms with E-state index in [2.05, 4.69) is 4.98 Å². The number of hydrogen-bond acceptors (Lipinski definition) is 4. The van der Waals surface area contributed by atoms with Gasteiger partial charge >= 0.3 is 0 Å². The number of nitrogens with zero attached hydrogens (tertiary/aromatic N) is 1. The lowest BCUT2D eigenvalue weighted by atomic mass is 10.0. The zero-order chi connectivity index (χ0) is 17.3. The van der Waals surface area contributed by atoms with Gasteiger partial charge in [-0.25, -0.2) is 10.9 Å². The molecule has 7 heteroatoms. The van der Waals surface area contributed by atoms with Crippen molar-refractivity contribution in [3.8, 4) is 11.1 Å². The number of H-pyrrole nitrogens is 1. The van der Waals surface area contributed by atoms with Crippen LogP contribution in [0.5, 0.6) is 0 Å². The van der Waals surface area contributed by atoms with Gasteiger partial charge in [0.25, 0.3) is 5.91 Å². The number of hydrogen-bond donors (Lipinski definition) is 4. The van der Waals surface area contributed by atoms with E-state index >= 15 is 0 Å². The summed E-state index contributed by atoms with van der Waals surface area (Å²) in [6, 6.07) is 12.9. The molecule has 0 radical (unpaired) electrons. The lowest BCUT2D eigenvalue weighted by Gasteiger charge is -2.08. The Hall–Kier alpha value is -3.16. The van der Waals surface area contributed by atoms with Crippen molar-refractivity contribution >= 4 is 29.0 Å². The molecule has 0 aliphatic heterocycles. The van der Waals surface area contributed by atoms with Crippen LogP contribution in [-0.4, -0.2) is 22.4 Å². The summed E-state index contributed by atoms with van der Waals surface area (Å²) in [6.45, 7) is -0.0456. The maximum absolute atomic E-state index is 11.7. The molecule has 6 N–H and O–H groups in total. The number of carbonyl (C=O) groups excluding carboxylic acids is 2. The Labute approximate surface area is 137 Å². The van der Waals surface area contributed by atoms with E-state index in [0.29, 0.717) is 17.3 Å². The van der Waals surface area contributed by atoms with E-state index in [-0.39, 0.29) is 18.0 Å². The van der Waals surface area contributed by atoms with Crippen LogP contribution in [0.25, 0.3) is 22.0 Å². The molecule has 0 aliphatic carbocycles. The van der Waals surface area contributed by atoms with Crippen LogP contribution in [0, 0.1) is 0 Å². The first kappa shape index (κ1) is 15.7. The molecule has 0 unspecified atom stereocenters. The van der Waals surface area contributed by atoms with Gasteiger partial charge < -0.3 is 15.8 Å². The Morgan fingerprint density at radius 3 is 2.62 bits per heavy atom. The van der Waals surface area contributed by atoms with E-state index in [1.54, 1.807) is 6.07 Å². The van der Waals surface area contributed by atoms with E-state index in [9.17, 15) is 14.7 Å². The molecule has 3 aromatic rings. The highest BCUT2D eigenvalue weighted by Crippen LogP contribution is 2.31. The molecule has 0 aliphatic rings. The van der Waals surface area contributed by atoms with Gasteiger partial charge in [-0.05, 0) is 28.8 Å². The monoisotopic (exact) mass is 324 g/mol. The Bertz CT molecular complexity index is 933. The molecule has 2 aromatic carbocycles. The van der Waals surface area contributed by atoms with Crippen LogP contribution in [0.4, 0.5) is 5.82 Å². The second kappa shape index (κ2) is 6.15. The maximum Gasteiger partial charge on any atom is 0.253 e. The number of anilines is 1. The summed E-state index contributed by atoms with van der Waals surface area (Å²) in [7, 11) is 0. The molecule has 1 aromatic heterocycles. The summed E-state index contributed by atoms with van der Waals surface area (Å²) in [6.07, 6.45) is 0.392. The van der Waals surface area contributed by atoms with Crippen LogP contribution in [-0.2, 0) is 11.4 Å². The van der Waals surface area contributed by atoms with Crippen molar-refractivity contribution in [3.63, 3.8) is 0 Å². The van der Waals surface area contributed by atoms with Crippen LogP contribution < -0.4 is 16.6 Å². The average molecular weight is 324 g/mol. The molecule has 7 nitrogen and oxygen atoms in total. The molecule has 122 valence electrons. The van der Waals surface area contributed by atoms with Gasteiger partial charge in [0.2, 0.25) is 6.41 Å². The number of aromatic nitrogens is 1. The minimum Gasteiger partial charge on any atom is -0.392 e. The molecule has 0 atom stereocenters. The van der Waals surface area contributed by atoms with Crippen LogP contribution in [0.2, 0.25) is 0 Å². The minimum atomic E-state index is -0.677. The highest BCUT2D eigenvalue weighted by Gasteiger charge is 2.19. The Morgan fingerprint density at radius 2 is 1.96 bits per heavy atom. The predicted octanol–water partition coefficient (Wildman–Crippen LogP) is 1.26. The van der Waals surface area contributed by atoms with Gasteiger partial charge in [0, 0.05) is 10.9 Å². The predicted molar refractivity (Wildman–Crippen MR) is 90.9 cm³/mol. The van der Waals surface area contributed by atoms with Crippen LogP contribution >= 0.6 is 0 Å². The van der Waals surface area contributed by atoms with Crippen molar-refractivity contribution in [3.05, 3.63) is 53.6 Å². The highest BCUT2D eigenvalue weighted by atomic mass is 16.3. The number of nitrogens with two attached hydrogens (primary N) is 2. The molecule has 2 amide bonds. The average Bonchev–Trinajstić information content (AvgIpc) is 2.99. The number of aliphatic hydroxyl groups is 1. The number of nitrogens with one attached hydrogen (secondary N) is 1. The smallest absolute Gasteiger partial charge is 0.253 e. The fourth-order valence-electron chi connectivity index (χ4n) is 2.71. The topological polar surface area (TPSA) is 125 Å². The van der Waals surface area contributed by atoms with E-state index in [0.717, 1.165) is 21.7 Å². The van der Waals surface area contributed by atoms with E-state index in [1.807, 2.05) is 36.4 Å². The molecule has 0 spiro atoms. The van der Waals surface area contributed by atoms with Crippen molar-refractivity contribution in [1.82, 2.24) is 4.98 Å². The number of benzene rings is 2. The molecule has 0 fully saturated rings. The van der Waals surface area contributed by atoms with Gasteiger partial charge in [0.05, 0.1) is 12.2 Å². The summed E-state index contributed by atoms with van der Waals surface area (Å²) in [5, 5.41) is 10.6. The van der Waals surface area contributed by atoms with Crippen molar-refractivity contribution in [1.29, 1.82) is 0 Å². The lowest BCUT2D eigenvalue weighted by molar-refractivity contribution is -0.107. The van der Waals surface area contributed by atoms with Gasteiger partial charge in [-0.3, -0.25) is 9.59 Å².